The van der Waals surface area contributed by atoms with E-state index in [-0.39, 0.29) is 0 Å². The molecule has 2 rings (SSSR count). The highest BCUT2D eigenvalue weighted by molar-refractivity contribution is 6.17. The zero-order valence-electron chi connectivity index (χ0n) is 8.88. The van der Waals surface area contributed by atoms with E-state index in [0.29, 0.717) is 11.7 Å². The van der Waals surface area contributed by atoms with Crippen LogP contribution in [0.5, 0.6) is 0 Å². The maximum Gasteiger partial charge on any atom is 0.204 e. The lowest BCUT2D eigenvalue weighted by Gasteiger charge is -1.95. The summed E-state index contributed by atoms with van der Waals surface area (Å²) >= 11 is 5.60. The van der Waals surface area contributed by atoms with Crippen LogP contribution < -0.4 is 0 Å². The van der Waals surface area contributed by atoms with Crippen molar-refractivity contribution in [3.8, 4) is 11.4 Å². The molecule has 0 radical (unpaired) electrons. The molecule has 2 aromatic rings. The molecule has 0 bridgehead atoms. The molecule has 0 aliphatic carbocycles. The van der Waals surface area contributed by atoms with Crippen molar-refractivity contribution < 1.29 is 0 Å². The Labute approximate surface area is 99.2 Å². The van der Waals surface area contributed by atoms with Gasteiger partial charge in [-0.05, 0) is 18.1 Å². The smallest absolute Gasteiger partial charge is 0.164 e. The van der Waals surface area contributed by atoms with E-state index in [2.05, 4.69) is 15.4 Å². The molecule has 84 valence electrons. The van der Waals surface area contributed by atoms with Crippen LogP contribution in [0.4, 0.5) is 0 Å². The molecule has 0 aliphatic heterocycles. The number of benzene rings is 1. The third kappa shape index (κ3) is 2.79. The molecule has 1 aromatic heterocycles. The second kappa shape index (κ2) is 5.61. The first-order valence-corrected chi connectivity index (χ1v) is 5.83. The van der Waals surface area contributed by atoms with Crippen molar-refractivity contribution in [1.82, 2.24) is 20.2 Å². The topological polar surface area (TPSA) is 43.6 Å². The Morgan fingerprint density at radius 1 is 1.12 bits per heavy atom. The number of rotatable bonds is 5. The van der Waals surface area contributed by atoms with Gasteiger partial charge in [-0.25, -0.2) is 0 Å². The Morgan fingerprint density at radius 2 is 1.94 bits per heavy atom. The molecule has 4 nitrogen and oxygen atoms in total. The van der Waals surface area contributed by atoms with Gasteiger partial charge >= 0.3 is 0 Å². The van der Waals surface area contributed by atoms with Crippen LogP contribution in [0.15, 0.2) is 30.3 Å². The van der Waals surface area contributed by atoms with Crippen molar-refractivity contribution in [2.45, 2.75) is 19.4 Å². The van der Waals surface area contributed by atoms with E-state index in [1.165, 1.54) is 0 Å². The van der Waals surface area contributed by atoms with Gasteiger partial charge in [0.2, 0.25) is 5.82 Å². The summed E-state index contributed by atoms with van der Waals surface area (Å²) in [6.45, 7) is 0.770. The Balaban J connectivity index is 2.02. The molecule has 0 spiro atoms. The number of unbranched alkanes of at least 4 members (excludes halogenated alkanes) is 1. The molecule has 0 unspecified atom stereocenters. The van der Waals surface area contributed by atoms with E-state index in [9.17, 15) is 0 Å². The molecular formula is C11H13ClN4. The maximum absolute atomic E-state index is 5.60. The number of hydrogen-bond donors (Lipinski definition) is 0. The van der Waals surface area contributed by atoms with Crippen LogP contribution in [-0.2, 0) is 6.54 Å². The number of aryl methyl sites for hydroxylation is 1. The number of halogens is 1. The van der Waals surface area contributed by atoms with Gasteiger partial charge in [0.1, 0.15) is 0 Å². The van der Waals surface area contributed by atoms with Crippen molar-refractivity contribution >= 4 is 11.6 Å². The van der Waals surface area contributed by atoms with Crippen molar-refractivity contribution in [1.29, 1.82) is 0 Å². The van der Waals surface area contributed by atoms with Crippen LogP contribution in [-0.4, -0.2) is 26.1 Å². The van der Waals surface area contributed by atoms with E-state index in [1.807, 2.05) is 30.3 Å². The van der Waals surface area contributed by atoms with Gasteiger partial charge in [0.25, 0.3) is 0 Å². The van der Waals surface area contributed by atoms with E-state index in [1.54, 1.807) is 4.80 Å². The Morgan fingerprint density at radius 3 is 2.69 bits per heavy atom. The van der Waals surface area contributed by atoms with Crippen LogP contribution in [0.25, 0.3) is 11.4 Å². The highest BCUT2D eigenvalue weighted by Gasteiger charge is 2.04. The number of alkyl halides is 1. The van der Waals surface area contributed by atoms with E-state index in [4.69, 9.17) is 11.6 Å². The minimum Gasteiger partial charge on any atom is -0.164 e. The number of tetrazole rings is 1. The molecule has 16 heavy (non-hydrogen) atoms. The van der Waals surface area contributed by atoms with Gasteiger partial charge in [0.05, 0.1) is 6.54 Å². The first-order chi connectivity index (χ1) is 7.90. The normalized spacial score (nSPS) is 10.6. The van der Waals surface area contributed by atoms with Crippen LogP contribution in [0.2, 0.25) is 0 Å². The summed E-state index contributed by atoms with van der Waals surface area (Å²) < 4.78 is 0. The third-order valence-electron chi connectivity index (χ3n) is 2.23. The lowest BCUT2D eigenvalue weighted by molar-refractivity contribution is 0.497. The van der Waals surface area contributed by atoms with E-state index >= 15 is 0 Å². The summed E-state index contributed by atoms with van der Waals surface area (Å²) in [7, 11) is 0. The predicted molar refractivity (Wildman–Crippen MR) is 63.2 cm³/mol. The third-order valence-corrected chi connectivity index (χ3v) is 2.49. The van der Waals surface area contributed by atoms with Gasteiger partial charge in [0, 0.05) is 11.4 Å². The quantitative estimate of drug-likeness (QED) is 0.591. The van der Waals surface area contributed by atoms with Crippen molar-refractivity contribution in [3.05, 3.63) is 30.3 Å². The number of hydrogen-bond acceptors (Lipinski definition) is 3. The molecule has 0 aliphatic rings. The summed E-state index contributed by atoms with van der Waals surface area (Å²) in [5.74, 6) is 1.35. The second-order valence-electron chi connectivity index (χ2n) is 3.47. The van der Waals surface area contributed by atoms with Crippen LogP contribution >= 0.6 is 11.6 Å². The standard InChI is InChI=1S/C11H13ClN4/c12-8-4-5-9-16-14-11(13-15-16)10-6-2-1-3-7-10/h1-3,6-7H,4-5,8-9H2. The fraction of sp³-hybridized carbons (Fsp3) is 0.364. The molecule has 0 amide bonds. The lowest BCUT2D eigenvalue weighted by Crippen LogP contribution is -2.02. The highest BCUT2D eigenvalue weighted by Crippen LogP contribution is 2.11. The van der Waals surface area contributed by atoms with Crippen LogP contribution in [0, 0.1) is 0 Å². The molecule has 1 heterocycles. The number of aromatic nitrogens is 4. The van der Waals surface area contributed by atoms with Gasteiger partial charge in [-0.3, -0.25) is 0 Å². The molecule has 0 fully saturated rings. The average Bonchev–Trinajstić information content (AvgIpc) is 2.79. The molecule has 0 saturated carbocycles. The first kappa shape index (κ1) is 11.1. The van der Waals surface area contributed by atoms with Crippen molar-refractivity contribution in [3.63, 3.8) is 0 Å². The van der Waals surface area contributed by atoms with Gasteiger partial charge in [-0.15, -0.1) is 21.8 Å². The van der Waals surface area contributed by atoms with Crippen molar-refractivity contribution in [2.24, 2.45) is 0 Å². The fourth-order valence-corrected chi connectivity index (χ4v) is 1.58. The molecule has 1 aromatic carbocycles. The molecule has 5 heteroatoms. The van der Waals surface area contributed by atoms with E-state index < -0.39 is 0 Å². The average molecular weight is 237 g/mol. The molecular weight excluding hydrogens is 224 g/mol. The van der Waals surface area contributed by atoms with Gasteiger partial charge in [0.15, 0.2) is 0 Å². The summed E-state index contributed by atoms with van der Waals surface area (Å²) in [5.41, 5.74) is 0.992. The minimum absolute atomic E-state index is 0.673. The van der Waals surface area contributed by atoms with Gasteiger partial charge in [-0.1, -0.05) is 30.3 Å². The van der Waals surface area contributed by atoms with Gasteiger partial charge in [-0.2, -0.15) is 4.80 Å². The second-order valence-corrected chi connectivity index (χ2v) is 3.85. The zero-order valence-corrected chi connectivity index (χ0v) is 9.64. The minimum atomic E-state index is 0.673. The van der Waals surface area contributed by atoms with Crippen LogP contribution in [0.1, 0.15) is 12.8 Å². The predicted octanol–water partition coefficient (Wildman–Crippen LogP) is 2.36. The summed E-state index contributed by atoms with van der Waals surface area (Å²) in [6.07, 6.45) is 1.96. The van der Waals surface area contributed by atoms with Crippen molar-refractivity contribution in [2.75, 3.05) is 5.88 Å². The van der Waals surface area contributed by atoms with Crippen LogP contribution in [0.3, 0.4) is 0 Å². The van der Waals surface area contributed by atoms with Gasteiger partial charge < -0.3 is 0 Å². The Kier molecular flexibility index (Phi) is 3.88. The summed E-state index contributed by atoms with van der Waals surface area (Å²) in [5, 5.41) is 12.3. The monoisotopic (exact) mass is 236 g/mol. The summed E-state index contributed by atoms with van der Waals surface area (Å²) in [4.78, 5) is 1.62. The molecule has 0 N–H and O–H groups in total. The molecule has 0 saturated heterocycles. The Hall–Kier alpha value is -1.42. The zero-order chi connectivity index (χ0) is 11.2. The summed E-state index contributed by atoms with van der Waals surface area (Å²) in [6, 6.07) is 9.84. The first-order valence-electron chi connectivity index (χ1n) is 5.29. The largest absolute Gasteiger partial charge is 0.204 e. The highest BCUT2D eigenvalue weighted by atomic mass is 35.5. The SMILES string of the molecule is ClCCCCn1nnc(-c2ccccc2)n1. The fourth-order valence-electron chi connectivity index (χ4n) is 1.39. The maximum atomic E-state index is 5.60. The number of nitrogens with zero attached hydrogens (tertiary/aromatic N) is 4. The Bertz CT molecular complexity index is 427. The molecule has 0 atom stereocenters. The lowest BCUT2D eigenvalue weighted by atomic mass is 10.2. The van der Waals surface area contributed by atoms with E-state index in [0.717, 1.165) is 24.9 Å².